The first kappa shape index (κ1) is 17.8. The van der Waals surface area contributed by atoms with E-state index in [4.69, 9.17) is 0 Å². The summed E-state index contributed by atoms with van der Waals surface area (Å²) in [6.45, 7) is 5.80. The number of hydrogen-bond donors (Lipinski definition) is 2. The summed E-state index contributed by atoms with van der Waals surface area (Å²) >= 11 is 1.34. The first-order valence-corrected chi connectivity index (χ1v) is 8.26. The number of pyridine rings is 1. The lowest BCUT2D eigenvalue weighted by Crippen LogP contribution is -2.34. The molecule has 2 amide bonds. The van der Waals surface area contributed by atoms with E-state index in [1.165, 1.54) is 11.3 Å². The van der Waals surface area contributed by atoms with E-state index in [9.17, 15) is 14.4 Å². The van der Waals surface area contributed by atoms with Crippen LogP contribution in [0.15, 0.2) is 35.8 Å². The zero-order valence-corrected chi connectivity index (χ0v) is 14.5. The van der Waals surface area contributed by atoms with E-state index in [1.807, 2.05) is 26.2 Å². The highest BCUT2D eigenvalue weighted by molar-refractivity contribution is 7.12. The number of ketones is 1. The Morgan fingerprint density at radius 1 is 1.33 bits per heavy atom. The van der Waals surface area contributed by atoms with Crippen LogP contribution >= 0.6 is 11.3 Å². The number of nitrogens with zero attached hydrogens (tertiary/aromatic N) is 1. The fourth-order valence-electron chi connectivity index (χ4n) is 2.08. The first-order valence-electron chi connectivity index (χ1n) is 7.38. The van der Waals surface area contributed by atoms with Gasteiger partial charge in [0.15, 0.2) is 5.78 Å². The van der Waals surface area contributed by atoms with Crippen molar-refractivity contribution < 1.29 is 14.4 Å². The van der Waals surface area contributed by atoms with Crippen molar-refractivity contribution in [2.75, 3.05) is 5.32 Å². The molecule has 24 heavy (non-hydrogen) atoms. The zero-order valence-electron chi connectivity index (χ0n) is 13.7. The van der Waals surface area contributed by atoms with Crippen LogP contribution in [0.4, 0.5) is 5.82 Å². The number of carbonyl (C=O) groups excluding carboxylic acids is 3. The monoisotopic (exact) mass is 345 g/mol. The number of aromatic nitrogens is 1. The third-order valence-electron chi connectivity index (χ3n) is 3.17. The average molecular weight is 345 g/mol. The van der Waals surface area contributed by atoms with Gasteiger partial charge in [0.2, 0.25) is 12.3 Å². The van der Waals surface area contributed by atoms with Crippen LogP contribution in [0.5, 0.6) is 0 Å². The molecule has 7 heteroatoms. The summed E-state index contributed by atoms with van der Waals surface area (Å²) in [6.07, 6.45) is 2.30. The lowest BCUT2D eigenvalue weighted by molar-refractivity contribution is -0.116. The molecule has 1 atom stereocenters. The van der Waals surface area contributed by atoms with Crippen LogP contribution in [-0.4, -0.2) is 28.6 Å². The third kappa shape index (κ3) is 4.26. The van der Waals surface area contributed by atoms with E-state index in [-0.39, 0.29) is 17.2 Å². The quantitative estimate of drug-likeness (QED) is 0.508. The van der Waals surface area contributed by atoms with Gasteiger partial charge in [-0.05, 0) is 38.3 Å². The van der Waals surface area contributed by atoms with Crippen molar-refractivity contribution >= 4 is 35.3 Å². The Morgan fingerprint density at radius 3 is 2.62 bits per heavy atom. The van der Waals surface area contributed by atoms with E-state index < -0.39 is 5.92 Å². The number of Topliss-reactive ketones (excluding diaryl/α,β-unsaturated/α-hetero) is 1. The average Bonchev–Trinajstić information content (AvgIpc) is 3.12. The molecule has 6 nitrogen and oxygen atoms in total. The Labute approximate surface area is 144 Å². The van der Waals surface area contributed by atoms with E-state index in [2.05, 4.69) is 15.6 Å². The smallest absolute Gasteiger partial charge is 0.241 e. The van der Waals surface area contributed by atoms with Crippen LogP contribution in [-0.2, 0) is 9.59 Å². The molecule has 1 aliphatic heterocycles. The molecule has 0 saturated heterocycles. The number of rotatable bonds is 3. The van der Waals surface area contributed by atoms with Gasteiger partial charge in [-0.2, -0.15) is 0 Å². The van der Waals surface area contributed by atoms with Gasteiger partial charge in [0.1, 0.15) is 11.7 Å². The van der Waals surface area contributed by atoms with Gasteiger partial charge in [-0.15, -0.1) is 11.3 Å². The Kier molecular flexibility index (Phi) is 5.46. The van der Waals surface area contributed by atoms with Crippen molar-refractivity contribution in [1.82, 2.24) is 10.3 Å². The number of hydrogen-bond acceptors (Lipinski definition) is 5. The molecule has 0 fully saturated rings. The zero-order chi connectivity index (χ0) is 17.7. The third-order valence-corrected chi connectivity index (χ3v) is 4.06. The molecule has 126 valence electrons. The predicted molar refractivity (Wildman–Crippen MR) is 93.2 cm³/mol. The molecule has 2 N–H and O–H groups in total. The fourth-order valence-corrected chi connectivity index (χ4v) is 2.78. The van der Waals surface area contributed by atoms with Crippen molar-refractivity contribution in [1.29, 1.82) is 0 Å². The summed E-state index contributed by atoms with van der Waals surface area (Å²) in [6, 6.07) is 7.02. The van der Waals surface area contributed by atoms with Crippen LogP contribution < -0.4 is 10.6 Å². The molecule has 0 aliphatic carbocycles. The van der Waals surface area contributed by atoms with Gasteiger partial charge >= 0.3 is 0 Å². The minimum Gasteiger partial charge on any atom is -0.354 e. The molecule has 2 aromatic rings. The van der Waals surface area contributed by atoms with Crippen molar-refractivity contribution in [2.45, 2.75) is 32.2 Å². The fraction of sp³-hybridized carbons (Fsp3) is 0.294. The second kappa shape index (κ2) is 7.35. The SMILES string of the molecule is CC(C)(C)NC=O.O=C1Nc2ncccc2C1C(=O)c1cccs1. The first-order chi connectivity index (χ1) is 11.3. The minimum atomic E-state index is -0.752. The standard InChI is InChI=1S/C12H8N2O2S.C5H11NO/c15-10(8-4-2-6-17-8)9-7-3-1-5-13-11(7)14-12(9)16;1-5(2,3)6-4-7/h1-6,9H,(H,13,14,16);4H,1-3H3,(H,6,7). The maximum absolute atomic E-state index is 12.2. The summed E-state index contributed by atoms with van der Waals surface area (Å²) in [5, 5.41) is 7.05. The Balaban J connectivity index is 0.000000256. The lowest BCUT2D eigenvalue weighted by atomic mass is 9.97. The lowest BCUT2D eigenvalue weighted by Gasteiger charge is -2.15. The van der Waals surface area contributed by atoms with Crippen molar-refractivity contribution in [2.24, 2.45) is 0 Å². The summed E-state index contributed by atoms with van der Waals surface area (Å²) < 4.78 is 0. The van der Waals surface area contributed by atoms with Crippen LogP contribution in [0.1, 0.15) is 41.9 Å². The molecule has 1 unspecified atom stereocenters. The minimum absolute atomic E-state index is 0.0677. The maximum Gasteiger partial charge on any atom is 0.241 e. The molecule has 0 bridgehead atoms. The van der Waals surface area contributed by atoms with Crippen LogP contribution in [0.3, 0.4) is 0 Å². The molecule has 1 aliphatic rings. The van der Waals surface area contributed by atoms with E-state index in [1.54, 1.807) is 30.5 Å². The molecule has 0 aromatic carbocycles. The highest BCUT2D eigenvalue weighted by atomic mass is 32.1. The number of nitrogens with one attached hydrogen (secondary N) is 2. The van der Waals surface area contributed by atoms with Crippen molar-refractivity contribution in [3.05, 3.63) is 46.3 Å². The second-order valence-corrected chi connectivity index (χ2v) is 7.16. The van der Waals surface area contributed by atoms with Gasteiger partial charge in [-0.1, -0.05) is 12.1 Å². The number of thiophene rings is 1. The molecule has 2 aromatic heterocycles. The summed E-state index contributed by atoms with van der Waals surface area (Å²) in [4.78, 5) is 38.4. The Bertz CT molecular complexity index is 736. The molecular weight excluding hydrogens is 326 g/mol. The molecule has 0 spiro atoms. The Morgan fingerprint density at radius 2 is 2.08 bits per heavy atom. The van der Waals surface area contributed by atoms with E-state index in [0.29, 0.717) is 22.7 Å². The molecule has 0 radical (unpaired) electrons. The molecule has 0 saturated carbocycles. The second-order valence-electron chi connectivity index (χ2n) is 6.22. The van der Waals surface area contributed by atoms with Crippen molar-refractivity contribution in [3.63, 3.8) is 0 Å². The number of anilines is 1. The number of amides is 2. The van der Waals surface area contributed by atoms with Gasteiger partial charge in [0, 0.05) is 17.3 Å². The maximum atomic E-state index is 12.2. The van der Waals surface area contributed by atoms with Gasteiger partial charge < -0.3 is 10.6 Å². The van der Waals surface area contributed by atoms with Gasteiger partial charge in [0.05, 0.1) is 4.88 Å². The molecule has 3 heterocycles. The summed E-state index contributed by atoms with van der Waals surface area (Å²) in [5.41, 5.74) is 0.595. The van der Waals surface area contributed by atoms with Crippen molar-refractivity contribution in [3.8, 4) is 0 Å². The largest absolute Gasteiger partial charge is 0.354 e. The highest BCUT2D eigenvalue weighted by Gasteiger charge is 2.37. The van der Waals surface area contributed by atoms with Gasteiger partial charge in [-0.3, -0.25) is 14.4 Å². The van der Waals surface area contributed by atoms with Crippen LogP contribution in [0, 0.1) is 0 Å². The molecule has 3 rings (SSSR count). The summed E-state index contributed by atoms with van der Waals surface area (Å²) in [7, 11) is 0. The Hall–Kier alpha value is -2.54. The number of fused-ring (bicyclic) bond motifs is 1. The highest BCUT2D eigenvalue weighted by Crippen LogP contribution is 2.33. The summed E-state index contributed by atoms with van der Waals surface area (Å²) in [5.74, 6) is -0.717. The normalized spacial score (nSPS) is 15.6. The molecular formula is C17H19N3O3S. The predicted octanol–water partition coefficient (Wildman–Crippen LogP) is 2.59. The van der Waals surface area contributed by atoms with Gasteiger partial charge in [0.25, 0.3) is 0 Å². The van der Waals surface area contributed by atoms with E-state index >= 15 is 0 Å². The number of carbonyl (C=O) groups is 3. The van der Waals surface area contributed by atoms with Crippen LogP contribution in [0.25, 0.3) is 0 Å². The van der Waals surface area contributed by atoms with E-state index in [0.717, 1.165) is 0 Å². The van der Waals surface area contributed by atoms with Crippen LogP contribution in [0.2, 0.25) is 0 Å². The van der Waals surface area contributed by atoms with Gasteiger partial charge in [-0.25, -0.2) is 4.98 Å². The topological polar surface area (TPSA) is 88.2 Å².